The van der Waals surface area contributed by atoms with Crippen LogP contribution in [0.1, 0.15) is 58.4 Å². The van der Waals surface area contributed by atoms with Gasteiger partial charge in [-0.1, -0.05) is 45.7 Å². The summed E-state index contributed by atoms with van der Waals surface area (Å²) in [5, 5.41) is 2.99. The summed E-state index contributed by atoms with van der Waals surface area (Å²) in [6.45, 7) is 6.28. The fraction of sp³-hybridized carbons (Fsp3) is 0.611. The van der Waals surface area contributed by atoms with Crippen LogP contribution in [0.4, 0.5) is 5.69 Å². The maximum atomic E-state index is 12.0. The molecule has 0 bridgehead atoms. The number of hydrogen-bond acceptors (Lipinski definition) is 2. The van der Waals surface area contributed by atoms with Crippen LogP contribution in [0.3, 0.4) is 0 Å². The Morgan fingerprint density at radius 3 is 2.29 bits per heavy atom. The van der Waals surface area contributed by atoms with Crippen molar-refractivity contribution in [3.8, 4) is 0 Å². The summed E-state index contributed by atoms with van der Waals surface area (Å²) in [7, 11) is 0. The van der Waals surface area contributed by atoms with Gasteiger partial charge in [0.15, 0.2) is 0 Å². The first-order chi connectivity index (χ1) is 10.1. The summed E-state index contributed by atoms with van der Waals surface area (Å²) >= 11 is 0. The van der Waals surface area contributed by atoms with Crippen molar-refractivity contribution in [3.05, 3.63) is 29.8 Å². The molecule has 0 spiro atoms. The molecule has 0 aromatic heterocycles. The average molecular weight is 290 g/mol. The highest BCUT2D eigenvalue weighted by atomic mass is 16.1. The van der Waals surface area contributed by atoms with Gasteiger partial charge in [0.1, 0.15) is 0 Å². The third-order valence-electron chi connectivity index (χ3n) is 4.00. The topological polar surface area (TPSA) is 55.1 Å². The third kappa shape index (κ3) is 6.30. The maximum Gasteiger partial charge on any atom is 0.227 e. The average Bonchev–Trinajstić information content (AvgIpc) is 2.48. The lowest BCUT2D eigenvalue weighted by Gasteiger charge is -2.14. The molecule has 1 aromatic rings. The molecule has 1 aromatic carbocycles. The monoisotopic (exact) mass is 290 g/mol. The lowest BCUT2D eigenvalue weighted by Crippen LogP contribution is -2.23. The van der Waals surface area contributed by atoms with Crippen LogP contribution in [0.15, 0.2) is 24.3 Å². The van der Waals surface area contributed by atoms with Crippen molar-refractivity contribution in [1.82, 2.24) is 0 Å². The van der Waals surface area contributed by atoms with Crippen molar-refractivity contribution in [3.63, 3.8) is 0 Å². The van der Waals surface area contributed by atoms with Crippen LogP contribution in [0.25, 0.3) is 0 Å². The van der Waals surface area contributed by atoms with Gasteiger partial charge in [-0.15, -0.1) is 0 Å². The number of nitrogens with one attached hydrogen (secondary N) is 1. The molecule has 0 saturated carbocycles. The molecule has 3 N–H and O–H groups in total. The lowest BCUT2D eigenvalue weighted by molar-refractivity contribution is -0.120. The number of anilines is 1. The van der Waals surface area contributed by atoms with E-state index in [0.717, 1.165) is 31.4 Å². The Bertz CT molecular complexity index is 410. The quantitative estimate of drug-likeness (QED) is 0.718. The number of nitrogens with two attached hydrogens (primary N) is 1. The summed E-state index contributed by atoms with van der Waals surface area (Å²) in [6.07, 6.45) is 6.11. The van der Waals surface area contributed by atoms with E-state index in [2.05, 4.69) is 38.2 Å². The Hall–Kier alpha value is -1.35. The number of hydrogen-bond donors (Lipinski definition) is 2. The molecular weight excluding hydrogens is 260 g/mol. The molecule has 0 aliphatic heterocycles. The van der Waals surface area contributed by atoms with Crippen molar-refractivity contribution in [2.24, 2.45) is 11.7 Å². The standard InChI is InChI=1S/C18H30N2O/c1-4-7-8-16(19)13-14-9-11-17(12-10-14)20-18(21)15(5-2)6-3/h9-12,15-16H,4-8,13,19H2,1-3H3,(H,20,21). The zero-order chi connectivity index (χ0) is 15.7. The molecule has 1 atom stereocenters. The van der Waals surface area contributed by atoms with Crippen LogP contribution in [0.2, 0.25) is 0 Å². The molecule has 0 heterocycles. The minimum Gasteiger partial charge on any atom is -0.327 e. The highest BCUT2D eigenvalue weighted by Gasteiger charge is 2.14. The zero-order valence-electron chi connectivity index (χ0n) is 13.7. The Kier molecular flexibility index (Phi) is 8.06. The molecule has 0 saturated heterocycles. The maximum absolute atomic E-state index is 12.0. The fourth-order valence-electron chi connectivity index (χ4n) is 2.50. The fourth-order valence-corrected chi connectivity index (χ4v) is 2.50. The largest absolute Gasteiger partial charge is 0.327 e. The van der Waals surface area contributed by atoms with Gasteiger partial charge < -0.3 is 11.1 Å². The second kappa shape index (κ2) is 9.56. The van der Waals surface area contributed by atoms with Gasteiger partial charge in [0.05, 0.1) is 0 Å². The van der Waals surface area contributed by atoms with Crippen LogP contribution < -0.4 is 11.1 Å². The highest BCUT2D eigenvalue weighted by molar-refractivity contribution is 5.92. The van der Waals surface area contributed by atoms with Gasteiger partial charge in [0, 0.05) is 17.6 Å². The van der Waals surface area contributed by atoms with Crippen molar-refractivity contribution >= 4 is 11.6 Å². The Labute approximate surface area is 129 Å². The third-order valence-corrected chi connectivity index (χ3v) is 4.00. The van der Waals surface area contributed by atoms with E-state index in [1.807, 2.05) is 12.1 Å². The second-order valence-corrected chi connectivity index (χ2v) is 5.81. The normalized spacial score (nSPS) is 12.4. The lowest BCUT2D eigenvalue weighted by atomic mass is 10.0. The molecule has 3 nitrogen and oxygen atoms in total. The van der Waals surface area contributed by atoms with Crippen LogP contribution >= 0.6 is 0 Å². The molecule has 1 rings (SSSR count). The van der Waals surface area contributed by atoms with Gasteiger partial charge in [0.2, 0.25) is 5.91 Å². The van der Waals surface area contributed by atoms with E-state index < -0.39 is 0 Å². The predicted octanol–water partition coefficient (Wildman–Crippen LogP) is 4.12. The van der Waals surface area contributed by atoms with Gasteiger partial charge in [-0.3, -0.25) is 4.79 Å². The van der Waals surface area contributed by atoms with Gasteiger partial charge in [-0.05, 0) is 43.4 Å². The van der Waals surface area contributed by atoms with Gasteiger partial charge in [-0.2, -0.15) is 0 Å². The van der Waals surface area contributed by atoms with Gasteiger partial charge in [0.25, 0.3) is 0 Å². The second-order valence-electron chi connectivity index (χ2n) is 5.81. The van der Waals surface area contributed by atoms with E-state index in [1.54, 1.807) is 0 Å². The number of carbonyl (C=O) groups excluding carboxylic acids is 1. The smallest absolute Gasteiger partial charge is 0.227 e. The van der Waals surface area contributed by atoms with E-state index in [-0.39, 0.29) is 17.9 Å². The molecule has 0 fully saturated rings. The minimum atomic E-state index is 0.104. The molecular formula is C18H30N2O. The summed E-state index contributed by atoms with van der Waals surface area (Å²) in [5.74, 6) is 0.222. The summed E-state index contributed by atoms with van der Waals surface area (Å²) < 4.78 is 0. The van der Waals surface area contributed by atoms with E-state index in [0.29, 0.717) is 0 Å². The van der Waals surface area contributed by atoms with Crippen LogP contribution in [-0.2, 0) is 11.2 Å². The molecule has 1 amide bonds. The molecule has 0 aliphatic carbocycles. The first kappa shape index (κ1) is 17.7. The van der Waals surface area contributed by atoms with E-state index in [9.17, 15) is 4.79 Å². The first-order valence-electron chi connectivity index (χ1n) is 8.26. The van der Waals surface area contributed by atoms with E-state index in [4.69, 9.17) is 5.73 Å². The Morgan fingerprint density at radius 2 is 1.76 bits per heavy atom. The van der Waals surface area contributed by atoms with Gasteiger partial charge >= 0.3 is 0 Å². The highest BCUT2D eigenvalue weighted by Crippen LogP contribution is 2.15. The predicted molar refractivity (Wildman–Crippen MR) is 90.3 cm³/mol. The Balaban J connectivity index is 2.52. The summed E-state index contributed by atoms with van der Waals surface area (Å²) in [6, 6.07) is 8.31. The van der Waals surface area contributed by atoms with Crippen molar-refractivity contribution in [1.29, 1.82) is 0 Å². The molecule has 0 aliphatic rings. The number of amides is 1. The molecule has 118 valence electrons. The van der Waals surface area contributed by atoms with E-state index >= 15 is 0 Å². The van der Waals surface area contributed by atoms with Crippen LogP contribution in [0, 0.1) is 5.92 Å². The van der Waals surface area contributed by atoms with E-state index in [1.165, 1.54) is 18.4 Å². The Morgan fingerprint density at radius 1 is 1.14 bits per heavy atom. The van der Waals surface area contributed by atoms with Crippen LogP contribution in [0.5, 0.6) is 0 Å². The van der Waals surface area contributed by atoms with Crippen molar-refractivity contribution in [2.45, 2.75) is 65.3 Å². The van der Waals surface area contributed by atoms with Crippen molar-refractivity contribution in [2.75, 3.05) is 5.32 Å². The number of unbranched alkanes of at least 4 members (excludes halogenated alkanes) is 1. The number of carbonyl (C=O) groups is 1. The van der Waals surface area contributed by atoms with Gasteiger partial charge in [-0.25, -0.2) is 0 Å². The SMILES string of the molecule is CCCCC(N)Cc1ccc(NC(=O)C(CC)CC)cc1. The van der Waals surface area contributed by atoms with Crippen LogP contribution in [-0.4, -0.2) is 11.9 Å². The summed E-state index contributed by atoms with van der Waals surface area (Å²) in [5.41, 5.74) is 8.22. The molecule has 1 unspecified atom stereocenters. The molecule has 21 heavy (non-hydrogen) atoms. The summed E-state index contributed by atoms with van der Waals surface area (Å²) in [4.78, 5) is 12.0. The first-order valence-corrected chi connectivity index (χ1v) is 8.26. The molecule has 0 radical (unpaired) electrons. The number of benzene rings is 1. The zero-order valence-corrected chi connectivity index (χ0v) is 13.7. The minimum absolute atomic E-state index is 0.104. The van der Waals surface area contributed by atoms with Crippen molar-refractivity contribution < 1.29 is 4.79 Å². The number of rotatable bonds is 9. The molecule has 3 heteroatoms.